The molecule has 1 atom stereocenters. The molecule has 1 amide bonds. The predicted molar refractivity (Wildman–Crippen MR) is 77.9 cm³/mol. The number of carbonyl (C=O) groups excluding carboxylic acids is 1. The quantitative estimate of drug-likeness (QED) is 0.849. The van der Waals surface area contributed by atoms with E-state index in [2.05, 4.69) is 17.1 Å². The first-order chi connectivity index (χ1) is 8.77. The molecule has 0 aromatic rings. The van der Waals surface area contributed by atoms with Crippen molar-refractivity contribution in [3.05, 3.63) is 0 Å². The number of nitrogens with zero attached hydrogens (tertiary/aromatic N) is 1. The second-order valence-electron chi connectivity index (χ2n) is 5.57. The van der Waals surface area contributed by atoms with Crippen LogP contribution in [0.25, 0.3) is 0 Å². The minimum atomic E-state index is -0.00215. The van der Waals surface area contributed by atoms with Crippen LogP contribution < -0.4 is 5.32 Å². The Hall–Kier alpha value is -0.220. The molecule has 0 bridgehead atoms. The maximum Gasteiger partial charge on any atom is 0.239 e. The van der Waals surface area contributed by atoms with E-state index < -0.39 is 0 Å². The van der Waals surface area contributed by atoms with Gasteiger partial charge in [0, 0.05) is 13.1 Å². The van der Waals surface area contributed by atoms with Crippen molar-refractivity contribution in [2.24, 2.45) is 5.92 Å². The summed E-state index contributed by atoms with van der Waals surface area (Å²) < 4.78 is 0. The fourth-order valence-corrected chi connectivity index (χ4v) is 3.97. The van der Waals surface area contributed by atoms with Crippen LogP contribution in [0.5, 0.6) is 0 Å². The monoisotopic (exact) mass is 270 g/mol. The van der Waals surface area contributed by atoms with E-state index in [1.165, 1.54) is 43.6 Å². The highest BCUT2D eigenvalue weighted by Gasteiger charge is 2.22. The molecular weight excluding hydrogens is 244 g/mol. The van der Waals surface area contributed by atoms with Gasteiger partial charge < -0.3 is 10.2 Å². The molecule has 2 aliphatic rings. The number of carbonyl (C=O) groups is 1. The Morgan fingerprint density at radius 3 is 2.61 bits per heavy atom. The Morgan fingerprint density at radius 1 is 1.28 bits per heavy atom. The van der Waals surface area contributed by atoms with Gasteiger partial charge in [-0.3, -0.25) is 4.79 Å². The molecule has 1 N–H and O–H groups in total. The molecule has 2 aliphatic heterocycles. The number of hydrogen-bond acceptors (Lipinski definition) is 3. The van der Waals surface area contributed by atoms with Gasteiger partial charge in [-0.15, -0.1) is 0 Å². The molecule has 0 aromatic carbocycles. The number of thioether (sulfide) groups is 1. The summed E-state index contributed by atoms with van der Waals surface area (Å²) in [6.45, 7) is 4.96. The first kappa shape index (κ1) is 14.2. The number of rotatable bonds is 4. The van der Waals surface area contributed by atoms with E-state index >= 15 is 0 Å². The second kappa shape index (κ2) is 7.39. The molecule has 18 heavy (non-hydrogen) atoms. The van der Waals surface area contributed by atoms with Gasteiger partial charge >= 0.3 is 0 Å². The molecular formula is C14H26N2OS. The fourth-order valence-electron chi connectivity index (χ4n) is 2.77. The van der Waals surface area contributed by atoms with Crippen LogP contribution in [0, 0.1) is 5.92 Å². The van der Waals surface area contributed by atoms with Crippen LogP contribution >= 0.6 is 11.8 Å². The summed E-state index contributed by atoms with van der Waals surface area (Å²) in [6, 6.07) is -0.00215. The molecule has 0 aliphatic carbocycles. The van der Waals surface area contributed by atoms with Crippen molar-refractivity contribution in [3.63, 3.8) is 0 Å². The number of amides is 1. The maximum atomic E-state index is 12.2. The Morgan fingerprint density at radius 2 is 1.94 bits per heavy atom. The highest BCUT2D eigenvalue weighted by atomic mass is 32.2. The standard InChI is InChI=1S/C14H26N2OS/c1-12(14(17)16-7-3-2-4-8-16)15-11-13-5-9-18-10-6-13/h12-13,15H,2-11H2,1H3. The lowest BCUT2D eigenvalue weighted by Crippen LogP contribution is -2.48. The molecule has 0 spiro atoms. The van der Waals surface area contributed by atoms with E-state index in [9.17, 15) is 4.79 Å². The third-order valence-electron chi connectivity index (χ3n) is 4.09. The number of hydrogen-bond donors (Lipinski definition) is 1. The summed E-state index contributed by atoms with van der Waals surface area (Å²) in [5.74, 6) is 3.67. The Bertz CT molecular complexity index is 261. The molecule has 1 unspecified atom stereocenters. The topological polar surface area (TPSA) is 32.3 Å². The Kier molecular flexibility index (Phi) is 5.83. The van der Waals surface area contributed by atoms with Gasteiger partial charge in [-0.05, 0) is 63.0 Å². The summed E-state index contributed by atoms with van der Waals surface area (Å²) in [5.41, 5.74) is 0. The number of nitrogens with one attached hydrogen (secondary N) is 1. The molecule has 4 heteroatoms. The predicted octanol–water partition coefficient (Wildman–Crippen LogP) is 2.12. The largest absolute Gasteiger partial charge is 0.341 e. The van der Waals surface area contributed by atoms with Gasteiger partial charge in [0.15, 0.2) is 0 Å². The van der Waals surface area contributed by atoms with Crippen molar-refractivity contribution in [2.45, 2.75) is 45.1 Å². The Labute approximate surface area is 115 Å². The van der Waals surface area contributed by atoms with E-state index in [-0.39, 0.29) is 6.04 Å². The molecule has 0 aromatic heterocycles. The first-order valence-electron chi connectivity index (χ1n) is 7.37. The minimum absolute atomic E-state index is 0.00215. The summed E-state index contributed by atoms with van der Waals surface area (Å²) >= 11 is 2.06. The minimum Gasteiger partial charge on any atom is -0.341 e. The van der Waals surface area contributed by atoms with Crippen LogP contribution in [0.3, 0.4) is 0 Å². The smallest absolute Gasteiger partial charge is 0.239 e. The summed E-state index contributed by atoms with van der Waals surface area (Å²) in [5, 5.41) is 3.45. The lowest BCUT2D eigenvalue weighted by Gasteiger charge is -2.30. The van der Waals surface area contributed by atoms with Crippen molar-refractivity contribution in [3.8, 4) is 0 Å². The molecule has 2 saturated heterocycles. The van der Waals surface area contributed by atoms with E-state index in [1.54, 1.807) is 0 Å². The number of piperidine rings is 1. The van der Waals surface area contributed by atoms with Crippen molar-refractivity contribution in [1.82, 2.24) is 10.2 Å². The van der Waals surface area contributed by atoms with Gasteiger partial charge in [-0.2, -0.15) is 11.8 Å². The van der Waals surface area contributed by atoms with Crippen LogP contribution in [0.15, 0.2) is 0 Å². The zero-order valence-corrected chi connectivity index (χ0v) is 12.3. The fraction of sp³-hybridized carbons (Fsp3) is 0.929. The van der Waals surface area contributed by atoms with Crippen LogP contribution in [0.4, 0.5) is 0 Å². The van der Waals surface area contributed by atoms with Gasteiger partial charge in [0.1, 0.15) is 0 Å². The van der Waals surface area contributed by atoms with Crippen molar-refractivity contribution < 1.29 is 4.79 Å². The number of likely N-dealkylation sites (tertiary alicyclic amines) is 1. The van der Waals surface area contributed by atoms with Crippen molar-refractivity contribution in [1.29, 1.82) is 0 Å². The highest BCUT2D eigenvalue weighted by molar-refractivity contribution is 7.99. The molecule has 104 valence electrons. The Balaban J connectivity index is 1.69. The van der Waals surface area contributed by atoms with Gasteiger partial charge in [0.25, 0.3) is 0 Å². The zero-order chi connectivity index (χ0) is 12.8. The molecule has 2 rings (SSSR count). The van der Waals surface area contributed by atoms with E-state index in [4.69, 9.17) is 0 Å². The van der Waals surface area contributed by atoms with Crippen molar-refractivity contribution >= 4 is 17.7 Å². The third kappa shape index (κ3) is 4.16. The normalized spacial score (nSPS) is 23.9. The van der Waals surface area contributed by atoms with Gasteiger partial charge in [-0.1, -0.05) is 0 Å². The zero-order valence-electron chi connectivity index (χ0n) is 11.5. The van der Waals surface area contributed by atoms with Gasteiger partial charge in [-0.25, -0.2) is 0 Å². The first-order valence-corrected chi connectivity index (χ1v) is 8.53. The lowest BCUT2D eigenvalue weighted by atomic mass is 10.0. The molecule has 0 radical (unpaired) electrons. The highest BCUT2D eigenvalue weighted by Crippen LogP contribution is 2.22. The average Bonchev–Trinajstić information content (AvgIpc) is 2.46. The SMILES string of the molecule is CC(NCC1CCSCC1)C(=O)N1CCCCC1. The summed E-state index contributed by atoms with van der Waals surface area (Å²) in [7, 11) is 0. The maximum absolute atomic E-state index is 12.2. The summed E-state index contributed by atoms with van der Waals surface area (Å²) in [4.78, 5) is 14.3. The van der Waals surface area contributed by atoms with Crippen LogP contribution in [0.1, 0.15) is 39.0 Å². The van der Waals surface area contributed by atoms with Crippen LogP contribution in [-0.4, -0.2) is 48.0 Å². The summed E-state index contributed by atoms with van der Waals surface area (Å²) in [6.07, 6.45) is 6.26. The van der Waals surface area contributed by atoms with Crippen molar-refractivity contribution in [2.75, 3.05) is 31.1 Å². The van der Waals surface area contributed by atoms with Crippen LogP contribution in [-0.2, 0) is 4.79 Å². The van der Waals surface area contributed by atoms with E-state index in [0.717, 1.165) is 25.6 Å². The lowest BCUT2D eigenvalue weighted by molar-refractivity contribution is -0.133. The molecule has 2 heterocycles. The van der Waals surface area contributed by atoms with E-state index in [1.807, 2.05) is 11.8 Å². The molecule has 2 fully saturated rings. The second-order valence-corrected chi connectivity index (χ2v) is 6.80. The van der Waals surface area contributed by atoms with Crippen LogP contribution in [0.2, 0.25) is 0 Å². The molecule has 0 saturated carbocycles. The van der Waals surface area contributed by atoms with Gasteiger partial charge in [0.05, 0.1) is 6.04 Å². The average molecular weight is 270 g/mol. The molecule has 3 nitrogen and oxygen atoms in total. The third-order valence-corrected chi connectivity index (χ3v) is 5.14. The van der Waals surface area contributed by atoms with E-state index in [0.29, 0.717) is 5.91 Å². The van der Waals surface area contributed by atoms with Gasteiger partial charge in [0.2, 0.25) is 5.91 Å².